The molecule has 1 aliphatic rings. The molecule has 11 nitrogen and oxygen atoms in total. The van der Waals surface area contributed by atoms with Gasteiger partial charge in [0.05, 0.1) is 23.2 Å². The summed E-state index contributed by atoms with van der Waals surface area (Å²) < 4.78 is 33.4. The standard InChI is InChI=1S/C21H17F2N9O2/c1-11-3-2-6-31-15(11)9-14(29-31)17-16-12(24-10-25-16)4-7-30(17)20(33)19-27-26-18(34-19)13-5-8-32(28-13)21(22)23/h2-3,5-6,8-10,17,21H,4,7H2,1H3,(H,24,25). The fourth-order valence-corrected chi connectivity index (χ4v) is 4.20. The van der Waals surface area contributed by atoms with Crippen LogP contribution in [0.15, 0.2) is 47.4 Å². The van der Waals surface area contributed by atoms with Gasteiger partial charge in [-0.1, -0.05) is 6.07 Å². The van der Waals surface area contributed by atoms with Gasteiger partial charge in [-0.25, -0.2) is 14.2 Å². The molecule has 34 heavy (non-hydrogen) atoms. The van der Waals surface area contributed by atoms with Crippen molar-refractivity contribution >= 4 is 11.4 Å². The number of carbonyl (C=O) groups excluding carboxylic acids is 1. The number of halogens is 2. The Morgan fingerprint density at radius 2 is 2.12 bits per heavy atom. The number of pyridine rings is 1. The predicted octanol–water partition coefficient (Wildman–Crippen LogP) is 2.80. The quantitative estimate of drug-likeness (QED) is 0.433. The molecule has 0 saturated heterocycles. The molecule has 0 fully saturated rings. The van der Waals surface area contributed by atoms with Crippen molar-refractivity contribution in [2.24, 2.45) is 0 Å². The van der Waals surface area contributed by atoms with Crippen molar-refractivity contribution in [2.75, 3.05) is 6.54 Å². The Labute approximate surface area is 190 Å². The molecule has 5 aromatic rings. The summed E-state index contributed by atoms with van der Waals surface area (Å²) in [4.78, 5) is 22.6. The summed E-state index contributed by atoms with van der Waals surface area (Å²) in [6, 6.07) is 6.56. The van der Waals surface area contributed by atoms with Crippen LogP contribution in [0.25, 0.3) is 17.1 Å². The van der Waals surface area contributed by atoms with Gasteiger partial charge in [-0.3, -0.25) is 4.79 Å². The van der Waals surface area contributed by atoms with Crippen molar-refractivity contribution in [3.8, 4) is 11.6 Å². The Bertz CT molecular complexity index is 1520. The molecule has 0 saturated carbocycles. The van der Waals surface area contributed by atoms with Crippen LogP contribution in [-0.4, -0.2) is 56.9 Å². The first-order valence-corrected chi connectivity index (χ1v) is 10.4. The number of aromatic nitrogens is 8. The van der Waals surface area contributed by atoms with Gasteiger partial charge in [-0.2, -0.15) is 19.0 Å². The Morgan fingerprint density at radius 1 is 1.24 bits per heavy atom. The van der Waals surface area contributed by atoms with Crippen LogP contribution in [-0.2, 0) is 6.42 Å². The average molecular weight is 465 g/mol. The Morgan fingerprint density at radius 3 is 2.91 bits per heavy atom. The largest absolute Gasteiger partial charge is 0.411 e. The van der Waals surface area contributed by atoms with E-state index in [0.29, 0.717) is 29.0 Å². The number of H-pyrrole nitrogens is 1. The Hall–Kier alpha value is -4.42. The van der Waals surface area contributed by atoms with Gasteiger partial charge in [0.25, 0.3) is 5.89 Å². The van der Waals surface area contributed by atoms with E-state index in [1.807, 2.05) is 31.3 Å². The maximum atomic E-state index is 13.5. The van der Waals surface area contributed by atoms with Crippen molar-refractivity contribution in [1.29, 1.82) is 0 Å². The maximum absolute atomic E-state index is 13.5. The Kier molecular flexibility index (Phi) is 4.50. The van der Waals surface area contributed by atoms with Gasteiger partial charge in [-0.15, -0.1) is 10.2 Å². The minimum Gasteiger partial charge on any atom is -0.411 e. The van der Waals surface area contributed by atoms with Crippen LogP contribution >= 0.6 is 0 Å². The minimum atomic E-state index is -2.80. The molecule has 1 unspecified atom stereocenters. The molecule has 1 atom stereocenters. The molecule has 0 spiro atoms. The van der Waals surface area contributed by atoms with Crippen LogP contribution in [0.2, 0.25) is 0 Å². The third-order valence-corrected chi connectivity index (χ3v) is 5.83. The molecule has 0 aliphatic carbocycles. The first-order valence-electron chi connectivity index (χ1n) is 10.4. The highest BCUT2D eigenvalue weighted by molar-refractivity contribution is 5.90. The van der Waals surface area contributed by atoms with E-state index in [0.717, 1.165) is 23.0 Å². The van der Waals surface area contributed by atoms with Gasteiger partial charge < -0.3 is 14.3 Å². The highest BCUT2D eigenvalue weighted by atomic mass is 19.3. The van der Waals surface area contributed by atoms with Crippen molar-refractivity contribution in [3.63, 3.8) is 0 Å². The van der Waals surface area contributed by atoms with Gasteiger partial charge in [0.15, 0.2) is 0 Å². The zero-order valence-corrected chi connectivity index (χ0v) is 17.8. The van der Waals surface area contributed by atoms with E-state index >= 15 is 0 Å². The number of nitrogens with zero attached hydrogens (tertiary/aromatic N) is 8. The van der Waals surface area contributed by atoms with E-state index in [2.05, 4.69) is 25.3 Å². The minimum absolute atomic E-state index is 0.0486. The summed E-state index contributed by atoms with van der Waals surface area (Å²) >= 11 is 0. The van der Waals surface area contributed by atoms with Gasteiger partial charge >= 0.3 is 18.3 Å². The number of rotatable bonds is 4. The fraction of sp³-hybridized carbons (Fsp3) is 0.238. The number of aromatic amines is 1. The van der Waals surface area contributed by atoms with Crippen molar-refractivity contribution in [2.45, 2.75) is 25.9 Å². The third-order valence-electron chi connectivity index (χ3n) is 5.83. The lowest BCUT2D eigenvalue weighted by atomic mass is 9.99. The van der Waals surface area contributed by atoms with E-state index in [1.54, 1.807) is 15.7 Å². The molecule has 6 rings (SSSR count). The molecule has 0 radical (unpaired) electrons. The Balaban J connectivity index is 1.37. The second-order valence-electron chi connectivity index (χ2n) is 7.88. The highest BCUT2D eigenvalue weighted by Crippen LogP contribution is 2.34. The predicted molar refractivity (Wildman–Crippen MR) is 112 cm³/mol. The van der Waals surface area contributed by atoms with E-state index in [1.165, 1.54) is 6.07 Å². The van der Waals surface area contributed by atoms with Crippen LogP contribution in [0, 0.1) is 6.92 Å². The van der Waals surface area contributed by atoms with Crippen LogP contribution in [0.4, 0.5) is 8.78 Å². The zero-order chi connectivity index (χ0) is 23.4. The fourth-order valence-electron chi connectivity index (χ4n) is 4.20. The summed E-state index contributed by atoms with van der Waals surface area (Å²) in [5.74, 6) is -0.912. The monoisotopic (exact) mass is 465 g/mol. The summed E-state index contributed by atoms with van der Waals surface area (Å²) in [5.41, 5.74) is 4.27. The SMILES string of the molecule is Cc1cccn2nc(C3c4nc[nH]c4CCN3C(=O)c3nnc(-c4ccn(C(F)F)n4)o3)cc12. The highest BCUT2D eigenvalue weighted by Gasteiger charge is 2.38. The van der Waals surface area contributed by atoms with E-state index in [9.17, 15) is 13.6 Å². The smallest absolute Gasteiger partial charge is 0.333 e. The molecule has 0 bridgehead atoms. The first kappa shape index (κ1) is 20.2. The molecule has 172 valence electrons. The van der Waals surface area contributed by atoms with Crippen LogP contribution in [0.1, 0.15) is 45.9 Å². The number of imidazole rings is 1. The van der Waals surface area contributed by atoms with Gasteiger partial charge in [-0.05, 0) is 30.7 Å². The summed E-state index contributed by atoms with van der Waals surface area (Å²) in [5, 5.41) is 16.1. The number of aryl methyl sites for hydroxylation is 1. The molecule has 5 aromatic heterocycles. The topological polar surface area (TPSA) is 123 Å². The molecular weight excluding hydrogens is 448 g/mol. The van der Waals surface area contributed by atoms with Crippen LogP contribution < -0.4 is 0 Å². The lowest BCUT2D eigenvalue weighted by Crippen LogP contribution is -2.41. The number of carbonyl (C=O) groups is 1. The average Bonchev–Trinajstić information content (AvgIpc) is 3.62. The molecule has 0 aromatic carbocycles. The number of hydrogen-bond donors (Lipinski definition) is 1. The van der Waals surface area contributed by atoms with Crippen LogP contribution in [0.5, 0.6) is 0 Å². The number of fused-ring (bicyclic) bond motifs is 2. The first-order chi connectivity index (χ1) is 16.5. The number of hydrogen-bond acceptors (Lipinski definition) is 7. The second kappa shape index (κ2) is 7.57. The molecule has 1 amide bonds. The zero-order valence-electron chi connectivity index (χ0n) is 17.8. The lowest BCUT2D eigenvalue weighted by Gasteiger charge is -2.32. The lowest BCUT2D eigenvalue weighted by molar-refractivity contribution is 0.0566. The van der Waals surface area contributed by atoms with E-state index < -0.39 is 18.5 Å². The summed E-state index contributed by atoms with van der Waals surface area (Å²) in [6.07, 6.45) is 5.09. The van der Waals surface area contributed by atoms with Gasteiger partial charge in [0.2, 0.25) is 0 Å². The van der Waals surface area contributed by atoms with Gasteiger partial charge in [0, 0.05) is 31.1 Å². The van der Waals surface area contributed by atoms with Crippen LogP contribution in [0.3, 0.4) is 0 Å². The van der Waals surface area contributed by atoms with E-state index in [-0.39, 0.29) is 17.5 Å². The number of alkyl halides is 2. The second-order valence-corrected chi connectivity index (χ2v) is 7.88. The van der Waals surface area contributed by atoms with Gasteiger partial charge in [0.1, 0.15) is 11.7 Å². The maximum Gasteiger partial charge on any atom is 0.333 e. The van der Waals surface area contributed by atoms with Crippen molar-refractivity contribution < 1.29 is 18.0 Å². The normalized spacial score (nSPS) is 15.9. The molecule has 6 heterocycles. The van der Waals surface area contributed by atoms with E-state index in [4.69, 9.17) is 9.52 Å². The number of nitrogens with one attached hydrogen (secondary N) is 1. The number of amides is 1. The van der Waals surface area contributed by atoms with Crippen molar-refractivity contribution in [1.82, 2.24) is 44.5 Å². The van der Waals surface area contributed by atoms with Crippen molar-refractivity contribution in [3.05, 3.63) is 71.5 Å². The molecule has 13 heteroatoms. The molecule has 1 aliphatic heterocycles. The molecular formula is C21H17F2N9O2. The summed E-state index contributed by atoms with van der Waals surface area (Å²) in [6.45, 7) is -0.452. The third kappa shape index (κ3) is 3.16. The summed E-state index contributed by atoms with van der Waals surface area (Å²) in [7, 11) is 0. The molecule has 1 N–H and O–H groups in total.